The van der Waals surface area contributed by atoms with Crippen LogP contribution in [0.15, 0.2) is 41.2 Å². The molecule has 6 nitrogen and oxygen atoms in total. The van der Waals surface area contributed by atoms with Gasteiger partial charge in [-0.1, -0.05) is 56.5 Å². The Kier molecular flexibility index (Phi) is 6.60. The average molecular weight is 562 g/mol. The minimum absolute atomic E-state index is 0.112. The molecule has 2 aromatic heterocycles. The molecule has 0 aromatic carbocycles. The molecule has 0 bridgehead atoms. The monoisotopic (exact) mass is 561 g/mol. The number of aliphatic hydroxyl groups is 2. The van der Waals surface area contributed by atoms with Crippen LogP contribution >= 0.6 is 11.8 Å². The number of ketones is 1. The maximum Gasteiger partial charge on any atom is 0.175 e. The van der Waals surface area contributed by atoms with Gasteiger partial charge >= 0.3 is 0 Å². The van der Waals surface area contributed by atoms with Gasteiger partial charge in [-0.25, -0.2) is 4.98 Å². The molecule has 2 N–H and O–H groups in total. The van der Waals surface area contributed by atoms with Gasteiger partial charge in [0.15, 0.2) is 5.78 Å². The van der Waals surface area contributed by atoms with Gasteiger partial charge in [-0.05, 0) is 98.3 Å². The second-order valence-electron chi connectivity index (χ2n) is 13.9. The Morgan fingerprint density at radius 2 is 1.98 bits per heavy atom. The number of nitrogens with zero attached hydrogens (tertiary/aromatic N) is 3. The summed E-state index contributed by atoms with van der Waals surface area (Å²) in [5, 5.41) is 29.7. The molecule has 7 heteroatoms. The first-order chi connectivity index (χ1) is 19.2. The second-order valence-corrected chi connectivity index (χ2v) is 14.9. The molecule has 0 saturated heterocycles. The number of aromatic nitrogens is 3. The van der Waals surface area contributed by atoms with Crippen molar-refractivity contribution in [3.8, 4) is 0 Å². The van der Waals surface area contributed by atoms with Gasteiger partial charge in [0.25, 0.3) is 0 Å². The largest absolute Gasteiger partial charge is 0.393 e. The van der Waals surface area contributed by atoms with E-state index in [0.29, 0.717) is 24.8 Å². The zero-order chi connectivity index (χ0) is 27.7. The molecule has 0 amide bonds. The third kappa shape index (κ3) is 3.94. The number of thioether (sulfide) groups is 1. The summed E-state index contributed by atoms with van der Waals surface area (Å²) < 4.78 is 2.31. The van der Waals surface area contributed by atoms with Gasteiger partial charge in [-0.15, -0.1) is 0 Å². The van der Waals surface area contributed by atoms with Gasteiger partial charge in [-0.3, -0.25) is 9.48 Å². The molecule has 7 atom stereocenters. The molecule has 2 aromatic rings. The molecule has 7 unspecified atom stereocenters. The highest BCUT2D eigenvalue weighted by Crippen LogP contribution is 2.67. The van der Waals surface area contributed by atoms with E-state index in [1.807, 2.05) is 18.2 Å². The van der Waals surface area contributed by atoms with Crippen LogP contribution in [0, 0.1) is 28.6 Å². The first-order valence-corrected chi connectivity index (χ1v) is 16.5. The van der Waals surface area contributed by atoms with Crippen LogP contribution in [0.5, 0.6) is 0 Å². The Balaban J connectivity index is 1.14. The second kappa shape index (κ2) is 9.81. The fourth-order valence-electron chi connectivity index (χ4n) is 9.98. The Morgan fingerprint density at radius 1 is 1.15 bits per heavy atom. The van der Waals surface area contributed by atoms with Crippen molar-refractivity contribution in [2.45, 2.75) is 107 Å². The summed E-state index contributed by atoms with van der Waals surface area (Å²) in [6.45, 7) is 4.46. The maximum atomic E-state index is 13.6. The molecule has 0 spiro atoms. The third-order valence-electron chi connectivity index (χ3n) is 12.0. The first-order valence-electron chi connectivity index (χ1n) is 15.5. The standard InChI is InChI=1S/C33H43N3O3S/c1-31-17-21-19-35-36(23-8-4-3-5-9-23)26(21)16-22(31)11-12-24-25-13-14-33(39,32(25,2)18-27(37)30(24)31)28(38)20-40-29-10-6-7-15-34-29/h6-7,10,15-16,19,23-25,27,30,37,39H,3-5,8-9,11-14,17-18,20H2,1-2H3. The lowest BCUT2D eigenvalue weighted by Gasteiger charge is -2.60. The Bertz CT molecular complexity index is 1320. The number of hydrogen-bond acceptors (Lipinski definition) is 6. The van der Waals surface area contributed by atoms with Crippen molar-refractivity contribution in [2.75, 3.05) is 5.75 Å². The van der Waals surface area contributed by atoms with Crippen molar-refractivity contribution < 1.29 is 15.0 Å². The normalized spacial score (nSPS) is 39.0. The molecule has 0 radical (unpaired) electrons. The van der Waals surface area contributed by atoms with Crippen molar-refractivity contribution in [1.82, 2.24) is 14.8 Å². The van der Waals surface area contributed by atoms with Crippen LogP contribution in [-0.4, -0.2) is 48.2 Å². The predicted octanol–water partition coefficient (Wildman–Crippen LogP) is 6.03. The summed E-state index contributed by atoms with van der Waals surface area (Å²) in [6, 6.07) is 6.20. The number of allylic oxidation sites excluding steroid dienone is 1. The van der Waals surface area contributed by atoms with Crippen LogP contribution in [0.25, 0.3) is 6.08 Å². The van der Waals surface area contributed by atoms with E-state index in [-0.39, 0.29) is 28.8 Å². The Morgan fingerprint density at radius 3 is 2.75 bits per heavy atom. The van der Waals surface area contributed by atoms with Crippen molar-refractivity contribution in [3.05, 3.63) is 47.4 Å². The van der Waals surface area contributed by atoms with E-state index in [9.17, 15) is 15.0 Å². The van der Waals surface area contributed by atoms with Crippen LogP contribution < -0.4 is 0 Å². The lowest BCUT2D eigenvalue weighted by atomic mass is 9.45. The number of carbonyl (C=O) groups is 1. The van der Waals surface area contributed by atoms with E-state index in [1.54, 1.807) is 6.20 Å². The molecular weight excluding hydrogens is 518 g/mol. The quantitative estimate of drug-likeness (QED) is 0.434. The molecule has 4 fully saturated rings. The highest BCUT2D eigenvalue weighted by atomic mass is 32.2. The first kappa shape index (κ1) is 26.9. The van der Waals surface area contributed by atoms with E-state index in [0.717, 1.165) is 30.7 Å². The Labute approximate surface area is 242 Å². The van der Waals surface area contributed by atoms with Crippen LogP contribution in [0.1, 0.15) is 95.4 Å². The topological polar surface area (TPSA) is 88.2 Å². The molecule has 214 valence electrons. The van der Waals surface area contributed by atoms with Crippen molar-refractivity contribution in [1.29, 1.82) is 0 Å². The summed E-state index contributed by atoms with van der Waals surface area (Å²) >= 11 is 1.40. The van der Waals surface area contributed by atoms with Crippen molar-refractivity contribution in [3.63, 3.8) is 0 Å². The SMILES string of the molecule is CC12Cc3cnn(C4CCCCC4)c3C=C1CCC1C2C(O)CC2(C)C1CCC2(O)C(=O)CSc1ccccn1. The molecule has 0 aliphatic heterocycles. The van der Waals surface area contributed by atoms with Gasteiger partial charge < -0.3 is 10.2 Å². The number of Topliss-reactive ketones (excluding diaryl/α,β-unsaturated/α-hetero) is 1. The van der Waals surface area contributed by atoms with E-state index >= 15 is 0 Å². The predicted molar refractivity (Wildman–Crippen MR) is 157 cm³/mol. The molecule has 4 saturated carbocycles. The summed E-state index contributed by atoms with van der Waals surface area (Å²) in [4.78, 5) is 18.0. The third-order valence-corrected chi connectivity index (χ3v) is 12.9. The van der Waals surface area contributed by atoms with Crippen LogP contribution in [0.2, 0.25) is 0 Å². The average Bonchev–Trinajstić information content (AvgIpc) is 3.48. The van der Waals surface area contributed by atoms with Crippen LogP contribution in [-0.2, 0) is 11.2 Å². The number of hydrogen-bond donors (Lipinski definition) is 2. The lowest BCUT2D eigenvalue weighted by molar-refractivity contribution is -0.177. The fourth-order valence-corrected chi connectivity index (χ4v) is 10.8. The smallest absolute Gasteiger partial charge is 0.175 e. The maximum absolute atomic E-state index is 13.6. The van der Waals surface area contributed by atoms with Gasteiger partial charge in [0.1, 0.15) is 5.60 Å². The number of fused-ring (bicyclic) bond motifs is 6. The molecular formula is C33H43N3O3S. The molecule has 5 aliphatic rings. The number of rotatable bonds is 5. The van der Waals surface area contributed by atoms with Crippen molar-refractivity contribution in [2.24, 2.45) is 28.6 Å². The minimum Gasteiger partial charge on any atom is -0.393 e. The van der Waals surface area contributed by atoms with Crippen LogP contribution in [0.3, 0.4) is 0 Å². The van der Waals surface area contributed by atoms with Gasteiger partial charge in [-0.2, -0.15) is 5.10 Å². The highest BCUT2D eigenvalue weighted by molar-refractivity contribution is 7.99. The molecule has 40 heavy (non-hydrogen) atoms. The summed E-state index contributed by atoms with van der Waals surface area (Å²) in [7, 11) is 0. The van der Waals surface area contributed by atoms with E-state index in [2.05, 4.69) is 35.8 Å². The Hall–Kier alpha value is -1.96. The van der Waals surface area contributed by atoms with E-state index in [1.165, 1.54) is 60.7 Å². The van der Waals surface area contributed by atoms with Crippen LogP contribution in [0.4, 0.5) is 0 Å². The molecule has 7 rings (SSSR count). The number of carbonyl (C=O) groups excluding carboxylic acids is 1. The summed E-state index contributed by atoms with van der Waals surface area (Å²) in [6.07, 6.45) is 16.9. The van der Waals surface area contributed by atoms with Gasteiger partial charge in [0, 0.05) is 11.6 Å². The highest BCUT2D eigenvalue weighted by Gasteiger charge is 2.68. The fraction of sp³-hybridized carbons (Fsp3) is 0.667. The van der Waals surface area contributed by atoms with Gasteiger partial charge in [0.05, 0.1) is 34.8 Å². The zero-order valence-corrected chi connectivity index (χ0v) is 24.7. The van der Waals surface area contributed by atoms with Gasteiger partial charge in [0.2, 0.25) is 0 Å². The van der Waals surface area contributed by atoms with E-state index in [4.69, 9.17) is 5.10 Å². The molecule has 5 aliphatic carbocycles. The van der Waals surface area contributed by atoms with Crippen molar-refractivity contribution >= 4 is 23.6 Å². The zero-order valence-electron chi connectivity index (χ0n) is 23.9. The summed E-state index contributed by atoms with van der Waals surface area (Å²) in [5.41, 5.74) is 1.97. The molecule has 2 heterocycles. The lowest BCUT2D eigenvalue weighted by Crippen LogP contribution is -2.62. The number of pyridine rings is 1. The number of aliphatic hydroxyl groups excluding tert-OH is 1. The minimum atomic E-state index is -1.40. The summed E-state index contributed by atoms with van der Waals surface area (Å²) in [5.74, 6) is 0.768. The van der Waals surface area contributed by atoms with E-state index < -0.39 is 17.1 Å².